The number of halogens is 2. The van der Waals surface area contributed by atoms with Crippen molar-refractivity contribution in [3.8, 4) is 5.75 Å². The molecule has 0 aliphatic carbocycles. The number of hydrogen-bond donors (Lipinski definition) is 0. The van der Waals surface area contributed by atoms with Gasteiger partial charge in [0.1, 0.15) is 17.4 Å². The Bertz CT molecular complexity index is 881. The van der Waals surface area contributed by atoms with E-state index in [9.17, 15) is 4.79 Å². The van der Waals surface area contributed by atoms with Gasteiger partial charge in [0.25, 0.3) is 5.56 Å². The van der Waals surface area contributed by atoms with E-state index < -0.39 is 5.56 Å². The zero-order valence-corrected chi connectivity index (χ0v) is 14.0. The molecule has 0 bridgehead atoms. The maximum atomic E-state index is 12.0. The van der Waals surface area contributed by atoms with E-state index in [1.165, 1.54) is 10.9 Å². The van der Waals surface area contributed by atoms with Crippen molar-refractivity contribution in [2.24, 2.45) is 0 Å². The molecule has 3 aromatic rings. The molecular weight excluding hydrogens is 349 g/mol. The van der Waals surface area contributed by atoms with Gasteiger partial charge in [-0.3, -0.25) is 9.78 Å². The first-order valence-corrected chi connectivity index (χ1v) is 7.92. The summed E-state index contributed by atoms with van der Waals surface area (Å²) in [5, 5.41) is 4.10. The Balaban J connectivity index is 1.67. The molecule has 2 heterocycles. The van der Waals surface area contributed by atoms with Gasteiger partial charge in [-0.05, 0) is 29.8 Å². The molecule has 0 atom stereocenters. The first-order valence-electron chi connectivity index (χ1n) is 7.16. The van der Waals surface area contributed by atoms with Crippen molar-refractivity contribution in [1.82, 2.24) is 14.8 Å². The Morgan fingerprint density at radius 1 is 1.08 bits per heavy atom. The van der Waals surface area contributed by atoms with Crippen molar-refractivity contribution >= 4 is 23.2 Å². The van der Waals surface area contributed by atoms with Crippen molar-refractivity contribution < 1.29 is 4.74 Å². The highest BCUT2D eigenvalue weighted by Gasteiger charge is 2.08. The summed E-state index contributed by atoms with van der Waals surface area (Å²) >= 11 is 11.6. The van der Waals surface area contributed by atoms with Crippen LogP contribution in [0.4, 0.5) is 0 Å². The van der Waals surface area contributed by atoms with Gasteiger partial charge >= 0.3 is 0 Å². The number of nitrogens with zero attached hydrogens (tertiary/aromatic N) is 3. The van der Waals surface area contributed by atoms with E-state index in [1.807, 2.05) is 42.5 Å². The largest absolute Gasteiger partial charge is 0.487 e. The van der Waals surface area contributed by atoms with Crippen LogP contribution in [0.2, 0.25) is 10.0 Å². The average Bonchev–Trinajstić information content (AvgIpc) is 2.62. The molecule has 0 aliphatic heterocycles. The minimum absolute atomic E-state index is 0.0259. The summed E-state index contributed by atoms with van der Waals surface area (Å²) in [6.07, 6.45) is 3.08. The zero-order valence-electron chi connectivity index (χ0n) is 12.5. The Morgan fingerprint density at radius 3 is 2.58 bits per heavy atom. The summed E-state index contributed by atoms with van der Waals surface area (Å²) in [5.41, 5.74) is 1.33. The molecule has 1 aromatic carbocycles. The van der Waals surface area contributed by atoms with Gasteiger partial charge in [-0.25, -0.2) is 4.68 Å². The zero-order chi connectivity index (χ0) is 16.9. The van der Waals surface area contributed by atoms with Crippen LogP contribution in [-0.4, -0.2) is 14.8 Å². The molecule has 0 radical (unpaired) electrons. The van der Waals surface area contributed by atoms with Gasteiger partial charge in [-0.2, -0.15) is 5.10 Å². The summed E-state index contributed by atoms with van der Waals surface area (Å²) in [4.78, 5) is 16.2. The second-order valence-electron chi connectivity index (χ2n) is 5.02. The predicted molar refractivity (Wildman–Crippen MR) is 92.6 cm³/mol. The van der Waals surface area contributed by atoms with E-state index in [1.54, 1.807) is 6.20 Å². The van der Waals surface area contributed by atoms with Crippen LogP contribution in [-0.2, 0) is 13.2 Å². The van der Waals surface area contributed by atoms with Crippen LogP contribution in [0.25, 0.3) is 0 Å². The Labute approximate surface area is 148 Å². The van der Waals surface area contributed by atoms with E-state index in [2.05, 4.69) is 10.1 Å². The number of aromatic nitrogens is 3. The molecule has 0 N–H and O–H groups in total. The molecule has 0 saturated carbocycles. The highest BCUT2D eigenvalue weighted by molar-refractivity contribution is 6.41. The number of rotatable bonds is 5. The first-order chi connectivity index (χ1) is 11.6. The molecule has 0 fully saturated rings. The fourth-order valence-electron chi connectivity index (χ4n) is 2.06. The summed E-state index contributed by atoms with van der Waals surface area (Å²) < 4.78 is 6.93. The van der Waals surface area contributed by atoms with Crippen LogP contribution in [0, 0.1) is 0 Å². The standard InChI is InChI=1S/C17H13Cl2N3O2/c18-15-9-21-22(17(23)16(15)19)10-12-4-6-14(7-5-12)24-11-13-3-1-2-8-20-13/h1-9H,10-11H2. The number of benzene rings is 1. The molecule has 7 heteroatoms. The fraction of sp³-hybridized carbons (Fsp3) is 0.118. The van der Waals surface area contributed by atoms with Gasteiger partial charge in [-0.1, -0.05) is 41.4 Å². The van der Waals surface area contributed by atoms with Gasteiger partial charge in [0.15, 0.2) is 0 Å². The van der Waals surface area contributed by atoms with Crippen molar-refractivity contribution in [2.75, 3.05) is 0 Å². The van der Waals surface area contributed by atoms with Gasteiger partial charge in [0.05, 0.1) is 23.5 Å². The Hall–Kier alpha value is -2.37. The second kappa shape index (κ2) is 7.47. The number of ether oxygens (including phenoxy) is 1. The monoisotopic (exact) mass is 361 g/mol. The minimum Gasteiger partial charge on any atom is -0.487 e. The topological polar surface area (TPSA) is 57.0 Å². The van der Waals surface area contributed by atoms with Gasteiger partial charge in [-0.15, -0.1) is 0 Å². The van der Waals surface area contributed by atoms with Gasteiger partial charge in [0.2, 0.25) is 0 Å². The molecular formula is C17H13Cl2N3O2. The highest BCUT2D eigenvalue weighted by atomic mass is 35.5. The first kappa shape index (κ1) is 16.5. The molecule has 0 saturated heterocycles. The maximum absolute atomic E-state index is 12.0. The van der Waals surface area contributed by atoms with E-state index in [-0.39, 0.29) is 10.0 Å². The molecule has 3 rings (SSSR count). The van der Waals surface area contributed by atoms with Gasteiger partial charge in [0, 0.05) is 6.20 Å². The third-order valence-electron chi connectivity index (χ3n) is 3.31. The van der Waals surface area contributed by atoms with E-state index in [4.69, 9.17) is 27.9 Å². The average molecular weight is 362 g/mol. The lowest BCUT2D eigenvalue weighted by Gasteiger charge is -2.08. The third-order valence-corrected chi connectivity index (χ3v) is 4.06. The molecule has 24 heavy (non-hydrogen) atoms. The Morgan fingerprint density at radius 2 is 1.88 bits per heavy atom. The summed E-state index contributed by atoms with van der Waals surface area (Å²) in [6, 6.07) is 13.1. The lowest BCUT2D eigenvalue weighted by molar-refractivity contribution is 0.301. The van der Waals surface area contributed by atoms with Crippen LogP contribution in [0.5, 0.6) is 5.75 Å². The van der Waals surface area contributed by atoms with E-state index in [0.717, 1.165) is 17.0 Å². The molecule has 0 aliphatic rings. The quantitative estimate of drug-likeness (QED) is 0.696. The smallest absolute Gasteiger partial charge is 0.287 e. The van der Waals surface area contributed by atoms with E-state index >= 15 is 0 Å². The van der Waals surface area contributed by atoms with Crippen molar-refractivity contribution in [1.29, 1.82) is 0 Å². The van der Waals surface area contributed by atoms with Crippen molar-refractivity contribution in [3.05, 3.63) is 86.5 Å². The number of pyridine rings is 1. The predicted octanol–water partition coefficient (Wildman–Crippen LogP) is 3.57. The van der Waals surface area contributed by atoms with Gasteiger partial charge < -0.3 is 4.74 Å². The molecule has 0 unspecified atom stereocenters. The molecule has 0 amide bonds. The second-order valence-corrected chi connectivity index (χ2v) is 5.81. The van der Waals surface area contributed by atoms with Crippen LogP contribution < -0.4 is 10.3 Å². The molecule has 122 valence electrons. The maximum Gasteiger partial charge on any atom is 0.287 e. The summed E-state index contributed by atoms with van der Waals surface area (Å²) in [7, 11) is 0. The van der Waals surface area contributed by atoms with Crippen LogP contribution >= 0.6 is 23.2 Å². The number of hydrogen-bond acceptors (Lipinski definition) is 4. The summed E-state index contributed by atoms with van der Waals surface area (Å²) in [6.45, 7) is 0.699. The van der Waals surface area contributed by atoms with Crippen molar-refractivity contribution in [2.45, 2.75) is 13.2 Å². The lowest BCUT2D eigenvalue weighted by atomic mass is 10.2. The van der Waals surface area contributed by atoms with E-state index in [0.29, 0.717) is 13.2 Å². The lowest BCUT2D eigenvalue weighted by Crippen LogP contribution is -2.23. The fourth-order valence-corrected chi connectivity index (χ4v) is 2.33. The van der Waals surface area contributed by atoms with Crippen molar-refractivity contribution in [3.63, 3.8) is 0 Å². The summed E-state index contributed by atoms with van der Waals surface area (Å²) in [5.74, 6) is 0.721. The highest BCUT2D eigenvalue weighted by Crippen LogP contribution is 2.16. The molecule has 2 aromatic heterocycles. The Kier molecular flexibility index (Phi) is 5.13. The van der Waals surface area contributed by atoms with Crippen LogP contribution in [0.15, 0.2) is 59.7 Å². The normalized spacial score (nSPS) is 10.6. The third kappa shape index (κ3) is 3.93. The minimum atomic E-state index is -0.417. The SMILES string of the molecule is O=c1c(Cl)c(Cl)cnn1Cc1ccc(OCc2ccccn2)cc1. The molecule has 5 nitrogen and oxygen atoms in total. The van der Waals surface area contributed by atoms with Crippen LogP contribution in [0.3, 0.4) is 0 Å². The molecule has 0 spiro atoms. The van der Waals surface area contributed by atoms with Crippen LogP contribution in [0.1, 0.15) is 11.3 Å².